The Labute approximate surface area is 138 Å². The first-order valence-corrected chi connectivity index (χ1v) is 9.33. The number of piperidine rings is 1. The minimum Gasteiger partial charge on any atom is -0.352 e. The van der Waals surface area contributed by atoms with E-state index in [1.165, 1.54) is 16.4 Å². The fraction of sp³-hybridized carbons (Fsp3) is 0.533. The van der Waals surface area contributed by atoms with Crippen molar-refractivity contribution in [3.8, 4) is 0 Å². The van der Waals surface area contributed by atoms with Gasteiger partial charge in [0.05, 0.1) is 17.4 Å². The number of nitrogens with one attached hydrogen (secondary N) is 1. The summed E-state index contributed by atoms with van der Waals surface area (Å²) in [6.45, 7) is 0.944. The van der Waals surface area contributed by atoms with Crippen LogP contribution >= 0.6 is 0 Å². The standard InChI is InChI=1S/C15H19F3N2O3S/c1-24(22,23)20-8-6-11(7-9-20)10-19-14(21)12-4-2-3-5-13(12)15(16,17)18/h2-5,11H,6-10H2,1H3,(H,19,21). The van der Waals surface area contributed by atoms with E-state index in [4.69, 9.17) is 0 Å². The molecule has 1 heterocycles. The normalized spacial score (nSPS) is 17.7. The van der Waals surface area contributed by atoms with E-state index in [0.29, 0.717) is 25.9 Å². The predicted molar refractivity (Wildman–Crippen MR) is 82.9 cm³/mol. The molecule has 1 aliphatic heterocycles. The summed E-state index contributed by atoms with van der Waals surface area (Å²) in [6.07, 6.45) is -2.32. The molecule has 0 unspecified atom stereocenters. The number of hydrogen-bond donors (Lipinski definition) is 1. The first kappa shape index (κ1) is 18.7. The van der Waals surface area contributed by atoms with Gasteiger partial charge in [-0.25, -0.2) is 12.7 Å². The zero-order valence-corrected chi connectivity index (χ0v) is 14.0. The number of halogens is 3. The summed E-state index contributed by atoms with van der Waals surface area (Å²) in [4.78, 5) is 12.1. The molecule has 1 fully saturated rings. The Balaban J connectivity index is 1.94. The van der Waals surface area contributed by atoms with Crippen LogP contribution in [0.5, 0.6) is 0 Å². The van der Waals surface area contributed by atoms with E-state index in [2.05, 4.69) is 5.32 Å². The number of nitrogens with zero attached hydrogens (tertiary/aromatic N) is 1. The second-order valence-electron chi connectivity index (χ2n) is 5.86. The smallest absolute Gasteiger partial charge is 0.352 e. The molecular formula is C15H19F3N2O3S. The number of carbonyl (C=O) groups is 1. The lowest BCUT2D eigenvalue weighted by Crippen LogP contribution is -2.41. The van der Waals surface area contributed by atoms with Crippen LogP contribution in [0.3, 0.4) is 0 Å². The van der Waals surface area contributed by atoms with E-state index in [9.17, 15) is 26.4 Å². The lowest BCUT2D eigenvalue weighted by atomic mass is 9.98. The van der Waals surface area contributed by atoms with Crippen molar-refractivity contribution in [1.29, 1.82) is 0 Å². The number of rotatable bonds is 4. The minimum absolute atomic E-state index is 0.0463. The van der Waals surface area contributed by atoms with Crippen molar-refractivity contribution in [3.63, 3.8) is 0 Å². The van der Waals surface area contributed by atoms with Crippen LogP contribution in [0.15, 0.2) is 24.3 Å². The van der Waals surface area contributed by atoms with Gasteiger partial charge in [-0.2, -0.15) is 13.2 Å². The van der Waals surface area contributed by atoms with E-state index in [-0.39, 0.29) is 12.5 Å². The molecular weight excluding hydrogens is 345 g/mol. The first-order valence-electron chi connectivity index (χ1n) is 7.48. The maximum atomic E-state index is 12.9. The van der Waals surface area contributed by atoms with Crippen molar-refractivity contribution in [2.45, 2.75) is 19.0 Å². The monoisotopic (exact) mass is 364 g/mol. The van der Waals surface area contributed by atoms with Crippen LogP contribution in [0.1, 0.15) is 28.8 Å². The molecule has 0 atom stereocenters. The van der Waals surface area contributed by atoms with Crippen molar-refractivity contribution in [2.24, 2.45) is 5.92 Å². The summed E-state index contributed by atoms with van der Waals surface area (Å²) in [5.41, 5.74) is -1.37. The van der Waals surface area contributed by atoms with Gasteiger partial charge >= 0.3 is 6.18 Å². The van der Waals surface area contributed by atoms with Gasteiger partial charge in [0.15, 0.2) is 0 Å². The van der Waals surface area contributed by atoms with Gasteiger partial charge in [0, 0.05) is 19.6 Å². The summed E-state index contributed by atoms with van der Waals surface area (Å²) in [7, 11) is -3.22. The first-order chi connectivity index (χ1) is 11.1. The van der Waals surface area contributed by atoms with Crippen LogP contribution in [0.4, 0.5) is 13.2 Å². The molecule has 0 saturated carbocycles. The van der Waals surface area contributed by atoms with Gasteiger partial charge in [0.2, 0.25) is 10.0 Å². The molecule has 2 rings (SSSR count). The Morgan fingerprint density at radius 3 is 2.38 bits per heavy atom. The average Bonchev–Trinajstić information content (AvgIpc) is 2.51. The van der Waals surface area contributed by atoms with Crippen molar-refractivity contribution < 1.29 is 26.4 Å². The number of alkyl halides is 3. The van der Waals surface area contributed by atoms with E-state index in [0.717, 1.165) is 18.4 Å². The predicted octanol–water partition coefficient (Wildman–Crippen LogP) is 2.11. The number of carbonyl (C=O) groups excluding carboxylic acids is 1. The summed E-state index contributed by atoms with van der Waals surface area (Å²) in [6, 6.07) is 4.64. The third kappa shape index (κ3) is 4.70. The van der Waals surface area contributed by atoms with Gasteiger partial charge in [-0.05, 0) is 30.9 Å². The van der Waals surface area contributed by atoms with Gasteiger partial charge in [-0.3, -0.25) is 4.79 Å². The summed E-state index contributed by atoms with van der Waals surface area (Å²) < 4.78 is 63.0. The summed E-state index contributed by atoms with van der Waals surface area (Å²) >= 11 is 0. The lowest BCUT2D eigenvalue weighted by Gasteiger charge is -2.30. The Kier molecular flexibility index (Phi) is 5.54. The topological polar surface area (TPSA) is 66.5 Å². The highest BCUT2D eigenvalue weighted by atomic mass is 32.2. The van der Waals surface area contributed by atoms with Gasteiger partial charge in [-0.1, -0.05) is 12.1 Å². The van der Waals surface area contributed by atoms with Gasteiger partial charge in [0.1, 0.15) is 0 Å². The SMILES string of the molecule is CS(=O)(=O)N1CCC(CNC(=O)c2ccccc2C(F)(F)F)CC1. The quantitative estimate of drug-likeness (QED) is 0.890. The number of amides is 1. The van der Waals surface area contributed by atoms with E-state index in [1.54, 1.807) is 0 Å². The van der Waals surface area contributed by atoms with Crippen LogP contribution in [0, 0.1) is 5.92 Å². The highest BCUT2D eigenvalue weighted by molar-refractivity contribution is 7.88. The molecule has 1 aromatic carbocycles. The molecule has 0 radical (unpaired) electrons. The Morgan fingerprint density at radius 2 is 1.83 bits per heavy atom. The fourth-order valence-corrected chi connectivity index (χ4v) is 3.58. The zero-order chi connectivity index (χ0) is 18.0. The summed E-state index contributed by atoms with van der Waals surface area (Å²) in [5, 5.41) is 2.53. The number of benzene rings is 1. The van der Waals surface area contributed by atoms with Crippen molar-refractivity contribution >= 4 is 15.9 Å². The molecule has 1 aromatic rings. The van der Waals surface area contributed by atoms with E-state index < -0.39 is 33.2 Å². The molecule has 1 N–H and O–H groups in total. The fourth-order valence-electron chi connectivity index (χ4n) is 2.71. The van der Waals surface area contributed by atoms with Crippen molar-refractivity contribution in [1.82, 2.24) is 9.62 Å². The van der Waals surface area contributed by atoms with Gasteiger partial charge in [-0.15, -0.1) is 0 Å². The highest BCUT2D eigenvalue weighted by Gasteiger charge is 2.35. The lowest BCUT2D eigenvalue weighted by molar-refractivity contribution is -0.137. The second-order valence-corrected chi connectivity index (χ2v) is 7.84. The third-order valence-corrected chi connectivity index (χ3v) is 5.37. The maximum Gasteiger partial charge on any atom is 0.417 e. The second kappa shape index (κ2) is 7.10. The minimum atomic E-state index is -4.59. The number of sulfonamides is 1. The Morgan fingerprint density at radius 1 is 1.25 bits per heavy atom. The molecule has 0 aromatic heterocycles. The maximum absolute atomic E-state index is 12.9. The highest BCUT2D eigenvalue weighted by Crippen LogP contribution is 2.31. The Hall–Kier alpha value is -1.61. The van der Waals surface area contributed by atoms with Crippen LogP contribution in [-0.4, -0.2) is 44.5 Å². The van der Waals surface area contributed by atoms with Crippen molar-refractivity contribution in [2.75, 3.05) is 25.9 Å². The molecule has 0 bridgehead atoms. The van der Waals surface area contributed by atoms with Crippen LogP contribution in [0.2, 0.25) is 0 Å². The largest absolute Gasteiger partial charge is 0.417 e. The van der Waals surface area contributed by atoms with Crippen LogP contribution in [0.25, 0.3) is 0 Å². The molecule has 1 aliphatic rings. The molecule has 1 amide bonds. The zero-order valence-electron chi connectivity index (χ0n) is 13.1. The molecule has 0 spiro atoms. The molecule has 9 heteroatoms. The van der Waals surface area contributed by atoms with Crippen LogP contribution in [-0.2, 0) is 16.2 Å². The average molecular weight is 364 g/mol. The van der Waals surface area contributed by atoms with Gasteiger partial charge in [0.25, 0.3) is 5.91 Å². The number of hydrogen-bond acceptors (Lipinski definition) is 3. The van der Waals surface area contributed by atoms with Crippen molar-refractivity contribution in [3.05, 3.63) is 35.4 Å². The molecule has 0 aliphatic carbocycles. The third-order valence-electron chi connectivity index (χ3n) is 4.07. The molecule has 1 saturated heterocycles. The summed E-state index contributed by atoms with van der Waals surface area (Å²) in [5.74, 6) is -0.724. The van der Waals surface area contributed by atoms with Crippen LogP contribution < -0.4 is 5.32 Å². The molecule has 5 nitrogen and oxygen atoms in total. The Bertz CT molecular complexity index is 696. The molecule has 24 heavy (non-hydrogen) atoms. The van der Waals surface area contributed by atoms with E-state index in [1.807, 2.05) is 0 Å². The van der Waals surface area contributed by atoms with E-state index >= 15 is 0 Å². The van der Waals surface area contributed by atoms with Gasteiger partial charge < -0.3 is 5.32 Å². The molecule has 134 valence electrons.